The first-order valence-electron chi connectivity index (χ1n) is 6.53. The Balaban J connectivity index is 2.82. The third-order valence-corrected chi connectivity index (χ3v) is 3.15. The van der Waals surface area contributed by atoms with Crippen LogP contribution in [0.25, 0.3) is 0 Å². The van der Waals surface area contributed by atoms with Crippen LogP contribution in [0.5, 0.6) is 0 Å². The zero-order chi connectivity index (χ0) is 14.8. The zero-order valence-corrected chi connectivity index (χ0v) is 12.7. The Kier molecular flexibility index (Phi) is 4.40. The van der Waals surface area contributed by atoms with Gasteiger partial charge in [0.25, 0.3) is 5.91 Å². The van der Waals surface area contributed by atoms with E-state index in [-0.39, 0.29) is 29.4 Å². The van der Waals surface area contributed by atoms with Crippen LogP contribution in [-0.4, -0.2) is 33.9 Å². The van der Waals surface area contributed by atoms with E-state index >= 15 is 0 Å². The molecule has 0 bridgehead atoms. The molecule has 0 radical (unpaired) electrons. The molecule has 19 heavy (non-hydrogen) atoms. The molecule has 1 atom stereocenters. The number of nitrogens with one attached hydrogen (secondary N) is 2. The lowest BCUT2D eigenvalue weighted by Crippen LogP contribution is -2.46. The lowest BCUT2D eigenvalue weighted by Gasteiger charge is -2.29. The van der Waals surface area contributed by atoms with Crippen LogP contribution < -0.4 is 5.32 Å². The highest BCUT2D eigenvalue weighted by atomic mass is 16.3. The third kappa shape index (κ3) is 4.06. The van der Waals surface area contributed by atoms with Crippen LogP contribution >= 0.6 is 0 Å². The van der Waals surface area contributed by atoms with Crippen LogP contribution in [0.4, 0.5) is 0 Å². The molecular weight excluding hydrogens is 242 g/mol. The van der Waals surface area contributed by atoms with Crippen molar-refractivity contribution < 1.29 is 9.90 Å². The third-order valence-electron chi connectivity index (χ3n) is 3.15. The number of H-pyrrole nitrogens is 1. The molecule has 1 amide bonds. The highest BCUT2D eigenvalue weighted by Gasteiger charge is 2.27. The molecule has 0 fully saturated rings. The summed E-state index contributed by atoms with van der Waals surface area (Å²) in [5.74, 6) is -0.263. The number of aliphatic hydroxyl groups is 1. The topological polar surface area (TPSA) is 78.0 Å². The van der Waals surface area contributed by atoms with Crippen molar-refractivity contribution in [2.75, 3.05) is 6.61 Å². The molecule has 1 rings (SSSR count). The minimum absolute atomic E-state index is 0.0774. The van der Waals surface area contributed by atoms with Gasteiger partial charge in [0.2, 0.25) is 0 Å². The standard InChI is InChI=1S/C14H25N3O2/c1-13(2,3)10-7-9(16-17-10)12(19)15-11(8-18)14(4,5)6/h7,11,18H,8H2,1-6H3,(H,15,19)(H,16,17)/t11-/m1/s1. The van der Waals surface area contributed by atoms with E-state index in [0.717, 1.165) is 5.69 Å². The largest absolute Gasteiger partial charge is 0.394 e. The van der Waals surface area contributed by atoms with Gasteiger partial charge in [0, 0.05) is 11.1 Å². The van der Waals surface area contributed by atoms with Gasteiger partial charge in [0.05, 0.1) is 12.6 Å². The van der Waals surface area contributed by atoms with E-state index in [9.17, 15) is 9.90 Å². The Hall–Kier alpha value is -1.36. The van der Waals surface area contributed by atoms with Gasteiger partial charge in [-0.2, -0.15) is 5.10 Å². The first-order valence-corrected chi connectivity index (χ1v) is 6.53. The van der Waals surface area contributed by atoms with Crippen LogP contribution in [0.3, 0.4) is 0 Å². The second-order valence-corrected chi connectivity index (χ2v) is 6.99. The average Bonchev–Trinajstić information content (AvgIpc) is 2.72. The van der Waals surface area contributed by atoms with Gasteiger partial charge in [-0.25, -0.2) is 0 Å². The number of hydrogen-bond donors (Lipinski definition) is 3. The van der Waals surface area contributed by atoms with Crippen LogP contribution in [0.2, 0.25) is 0 Å². The van der Waals surface area contributed by atoms with E-state index in [1.165, 1.54) is 0 Å². The average molecular weight is 267 g/mol. The number of carbonyl (C=O) groups excluding carboxylic acids is 1. The predicted octanol–water partition coefficient (Wildman–Crippen LogP) is 1.84. The summed E-state index contributed by atoms with van der Waals surface area (Å²) in [6.07, 6.45) is 0. The van der Waals surface area contributed by atoms with Crippen LogP contribution in [0.15, 0.2) is 6.07 Å². The highest BCUT2D eigenvalue weighted by molar-refractivity contribution is 5.92. The molecule has 5 nitrogen and oxygen atoms in total. The van der Waals surface area contributed by atoms with Gasteiger partial charge in [-0.3, -0.25) is 9.89 Å². The number of rotatable bonds is 3. The van der Waals surface area contributed by atoms with E-state index in [0.29, 0.717) is 5.69 Å². The summed E-state index contributed by atoms with van der Waals surface area (Å²) in [4.78, 5) is 12.1. The van der Waals surface area contributed by atoms with Crippen molar-refractivity contribution >= 4 is 5.91 Å². The number of amides is 1. The summed E-state index contributed by atoms with van der Waals surface area (Å²) >= 11 is 0. The van der Waals surface area contributed by atoms with Gasteiger partial charge in [-0.15, -0.1) is 0 Å². The number of aromatic amines is 1. The second-order valence-electron chi connectivity index (χ2n) is 6.99. The minimum Gasteiger partial charge on any atom is -0.394 e. The fourth-order valence-corrected chi connectivity index (χ4v) is 1.59. The number of aromatic nitrogens is 2. The summed E-state index contributed by atoms with van der Waals surface area (Å²) in [6.45, 7) is 12.0. The lowest BCUT2D eigenvalue weighted by atomic mass is 9.87. The maximum Gasteiger partial charge on any atom is 0.272 e. The Labute approximate surface area is 114 Å². The maximum absolute atomic E-state index is 12.1. The van der Waals surface area contributed by atoms with Crippen LogP contribution in [0, 0.1) is 5.41 Å². The van der Waals surface area contributed by atoms with Crippen LogP contribution in [-0.2, 0) is 5.41 Å². The van der Waals surface area contributed by atoms with Gasteiger partial charge >= 0.3 is 0 Å². The van der Waals surface area contributed by atoms with E-state index in [4.69, 9.17) is 0 Å². The predicted molar refractivity (Wildman–Crippen MR) is 75.1 cm³/mol. The molecule has 1 heterocycles. The molecule has 0 saturated heterocycles. The summed E-state index contributed by atoms with van der Waals surface area (Å²) < 4.78 is 0. The smallest absolute Gasteiger partial charge is 0.272 e. The number of nitrogens with zero attached hydrogens (tertiary/aromatic N) is 1. The van der Waals surface area contributed by atoms with Gasteiger partial charge < -0.3 is 10.4 Å². The first kappa shape index (κ1) is 15.7. The zero-order valence-electron chi connectivity index (χ0n) is 12.7. The van der Waals surface area contributed by atoms with Gasteiger partial charge in [-0.05, 0) is 11.5 Å². The molecule has 0 spiro atoms. The molecule has 108 valence electrons. The molecule has 0 aliphatic carbocycles. The van der Waals surface area contributed by atoms with E-state index < -0.39 is 0 Å². The highest BCUT2D eigenvalue weighted by Crippen LogP contribution is 2.21. The SMILES string of the molecule is CC(C)(C)c1cc(C(=O)N[C@H](CO)C(C)(C)C)n[nH]1. The molecule has 0 aromatic carbocycles. The summed E-state index contributed by atoms with van der Waals surface area (Å²) in [5.41, 5.74) is 0.987. The van der Waals surface area contributed by atoms with Gasteiger partial charge in [0.15, 0.2) is 0 Å². The first-order chi connectivity index (χ1) is 8.55. The fourth-order valence-electron chi connectivity index (χ4n) is 1.59. The van der Waals surface area contributed by atoms with E-state index in [1.807, 2.05) is 41.5 Å². The van der Waals surface area contributed by atoms with Crippen molar-refractivity contribution in [2.45, 2.75) is 53.0 Å². The van der Waals surface area contributed by atoms with Gasteiger partial charge in [-0.1, -0.05) is 41.5 Å². The Morgan fingerprint density at radius 3 is 2.32 bits per heavy atom. The van der Waals surface area contributed by atoms with Crippen molar-refractivity contribution in [3.05, 3.63) is 17.5 Å². The maximum atomic E-state index is 12.1. The van der Waals surface area contributed by atoms with Crippen molar-refractivity contribution in [3.8, 4) is 0 Å². The summed E-state index contributed by atoms with van der Waals surface area (Å²) in [5, 5.41) is 19.1. The minimum atomic E-state index is -0.296. The Bertz CT molecular complexity index is 438. The van der Waals surface area contributed by atoms with Gasteiger partial charge in [0.1, 0.15) is 5.69 Å². The van der Waals surface area contributed by atoms with Crippen molar-refractivity contribution in [2.24, 2.45) is 5.41 Å². The molecule has 0 aliphatic heterocycles. The number of hydrogen-bond acceptors (Lipinski definition) is 3. The van der Waals surface area contributed by atoms with Crippen molar-refractivity contribution in [3.63, 3.8) is 0 Å². The Morgan fingerprint density at radius 1 is 1.37 bits per heavy atom. The molecule has 0 saturated carbocycles. The second kappa shape index (κ2) is 5.33. The number of carbonyl (C=O) groups is 1. The van der Waals surface area contributed by atoms with E-state index in [1.54, 1.807) is 6.07 Å². The molecule has 0 unspecified atom stereocenters. The van der Waals surface area contributed by atoms with Crippen molar-refractivity contribution in [1.29, 1.82) is 0 Å². The summed E-state index contributed by atoms with van der Waals surface area (Å²) in [7, 11) is 0. The quantitative estimate of drug-likeness (QED) is 0.782. The molecule has 5 heteroatoms. The van der Waals surface area contributed by atoms with E-state index in [2.05, 4.69) is 15.5 Å². The lowest BCUT2D eigenvalue weighted by molar-refractivity contribution is 0.0843. The normalized spacial score (nSPS) is 14.3. The fraction of sp³-hybridized carbons (Fsp3) is 0.714. The Morgan fingerprint density at radius 2 is 1.95 bits per heavy atom. The molecule has 3 N–H and O–H groups in total. The monoisotopic (exact) mass is 267 g/mol. The number of aliphatic hydroxyl groups excluding tert-OH is 1. The molecular formula is C14H25N3O2. The molecule has 0 aliphatic rings. The van der Waals surface area contributed by atoms with Crippen LogP contribution in [0.1, 0.15) is 57.7 Å². The molecule has 1 aromatic heterocycles. The summed E-state index contributed by atoms with van der Waals surface area (Å²) in [6, 6.07) is 1.46. The van der Waals surface area contributed by atoms with Crippen molar-refractivity contribution in [1.82, 2.24) is 15.5 Å². The molecule has 1 aromatic rings.